The third-order valence-corrected chi connectivity index (χ3v) is 3.58. The molecule has 0 bridgehead atoms. The van der Waals surface area contributed by atoms with Gasteiger partial charge in [-0.3, -0.25) is 10.1 Å². The second kappa shape index (κ2) is 6.60. The molecule has 25 heavy (non-hydrogen) atoms. The maximum Gasteiger partial charge on any atom is 0.419 e. The Morgan fingerprint density at radius 3 is 2.60 bits per heavy atom. The molecule has 7 nitrogen and oxygen atoms in total. The lowest BCUT2D eigenvalue weighted by molar-refractivity contribution is -0.388. The molecule has 0 atom stereocenters. The topological polar surface area (TPSA) is 103 Å². The van der Waals surface area contributed by atoms with Crippen LogP contribution in [0.5, 0.6) is 11.5 Å². The summed E-state index contributed by atoms with van der Waals surface area (Å²) in [5, 5.41) is 20.7. The fourth-order valence-electron chi connectivity index (χ4n) is 2.34. The van der Waals surface area contributed by atoms with Crippen LogP contribution in [0.1, 0.15) is 5.56 Å². The molecule has 128 valence electrons. The monoisotopic (exact) mass is 345 g/mol. The number of benzene rings is 2. The lowest BCUT2D eigenvalue weighted by Crippen LogP contribution is -2.07. The number of fused-ring (bicyclic) bond motifs is 1. The number of halogens is 1. The Bertz CT molecular complexity index is 996. The Labute approximate surface area is 140 Å². The summed E-state index contributed by atoms with van der Waals surface area (Å²) in [4.78, 5) is 21.4. The van der Waals surface area contributed by atoms with Crippen LogP contribution < -0.4 is 10.4 Å². The van der Waals surface area contributed by atoms with Crippen molar-refractivity contribution in [3.8, 4) is 11.5 Å². The minimum atomic E-state index is -1.24. The van der Waals surface area contributed by atoms with E-state index in [0.29, 0.717) is 18.8 Å². The Balaban J connectivity index is 1.79. The summed E-state index contributed by atoms with van der Waals surface area (Å²) in [7, 11) is 0. The lowest BCUT2D eigenvalue weighted by Gasteiger charge is -2.07. The highest BCUT2D eigenvalue weighted by Crippen LogP contribution is 2.32. The number of hydrogen-bond donors (Lipinski definition) is 1. The van der Waals surface area contributed by atoms with Crippen LogP contribution in [-0.2, 0) is 6.42 Å². The van der Waals surface area contributed by atoms with Gasteiger partial charge in [0.1, 0.15) is 17.1 Å². The summed E-state index contributed by atoms with van der Waals surface area (Å²) >= 11 is 0. The SMILES string of the molecule is O=c1oc2cc(OCCc3ccc(F)cc3)ccc2c(O)c1[N+](=O)[O-]. The van der Waals surface area contributed by atoms with Gasteiger partial charge < -0.3 is 14.3 Å². The van der Waals surface area contributed by atoms with E-state index in [1.807, 2.05) is 0 Å². The average molecular weight is 345 g/mol. The summed E-state index contributed by atoms with van der Waals surface area (Å²) in [6, 6.07) is 10.2. The van der Waals surface area contributed by atoms with Gasteiger partial charge in [-0.15, -0.1) is 0 Å². The van der Waals surface area contributed by atoms with Crippen molar-refractivity contribution >= 4 is 16.7 Å². The number of hydrogen-bond acceptors (Lipinski definition) is 6. The predicted molar refractivity (Wildman–Crippen MR) is 86.4 cm³/mol. The van der Waals surface area contributed by atoms with E-state index in [0.717, 1.165) is 5.56 Å². The molecule has 1 aromatic heterocycles. The van der Waals surface area contributed by atoms with Crippen LogP contribution in [0.25, 0.3) is 11.0 Å². The number of aromatic hydroxyl groups is 1. The van der Waals surface area contributed by atoms with Gasteiger partial charge in [0.15, 0.2) is 0 Å². The van der Waals surface area contributed by atoms with E-state index in [-0.39, 0.29) is 16.8 Å². The van der Waals surface area contributed by atoms with Crippen molar-refractivity contribution in [2.24, 2.45) is 0 Å². The molecule has 2 aromatic carbocycles. The van der Waals surface area contributed by atoms with E-state index in [1.165, 1.54) is 30.3 Å². The molecule has 0 radical (unpaired) electrons. The van der Waals surface area contributed by atoms with Gasteiger partial charge in [-0.1, -0.05) is 12.1 Å². The van der Waals surface area contributed by atoms with Crippen molar-refractivity contribution in [2.45, 2.75) is 6.42 Å². The second-order valence-electron chi connectivity index (χ2n) is 5.23. The third kappa shape index (κ3) is 3.42. The van der Waals surface area contributed by atoms with E-state index in [9.17, 15) is 24.4 Å². The van der Waals surface area contributed by atoms with Gasteiger partial charge in [-0.05, 0) is 29.8 Å². The van der Waals surface area contributed by atoms with Crippen LogP contribution in [0.15, 0.2) is 51.7 Å². The van der Waals surface area contributed by atoms with Crippen LogP contribution in [0.2, 0.25) is 0 Å². The van der Waals surface area contributed by atoms with Gasteiger partial charge in [-0.25, -0.2) is 9.18 Å². The van der Waals surface area contributed by atoms with Crippen molar-refractivity contribution in [1.29, 1.82) is 0 Å². The fraction of sp³-hybridized carbons (Fsp3) is 0.118. The third-order valence-electron chi connectivity index (χ3n) is 3.58. The largest absolute Gasteiger partial charge is 0.501 e. The van der Waals surface area contributed by atoms with Gasteiger partial charge in [0.25, 0.3) is 0 Å². The molecule has 0 unspecified atom stereocenters. The van der Waals surface area contributed by atoms with Crippen LogP contribution >= 0.6 is 0 Å². The smallest absolute Gasteiger partial charge is 0.419 e. The van der Waals surface area contributed by atoms with Crippen LogP contribution in [0.3, 0.4) is 0 Å². The number of ether oxygens (including phenoxy) is 1. The highest BCUT2D eigenvalue weighted by atomic mass is 19.1. The molecule has 3 aromatic rings. The van der Waals surface area contributed by atoms with Crippen molar-refractivity contribution < 1.29 is 23.6 Å². The molecule has 0 aliphatic heterocycles. The molecule has 3 rings (SSSR count). The van der Waals surface area contributed by atoms with E-state index < -0.39 is 22.0 Å². The van der Waals surface area contributed by atoms with E-state index in [2.05, 4.69) is 0 Å². The normalized spacial score (nSPS) is 10.8. The first-order chi connectivity index (χ1) is 12.0. The molecular formula is C17H12FNO6. The van der Waals surface area contributed by atoms with Gasteiger partial charge in [0.2, 0.25) is 5.75 Å². The maximum absolute atomic E-state index is 12.8. The molecule has 0 saturated carbocycles. The van der Waals surface area contributed by atoms with Gasteiger partial charge >= 0.3 is 11.3 Å². The summed E-state index contributed by atoms with van der Waals surface area (Å²) in [6.07, 6.45) is 0.535. The molecule has 1 heterocycles. The quantitative estimate of drug-likeness (QED) is 0.433. The van der Waals surface area contributed by atoms with Gasteiger partial charge in [-0.2, -0.15) is 0 Å². The summed E-state index contributed by atoms with van der Waals surface area (Å²) in [5.74, 6) is -0.691. The zero-order valence-corrected chi connectivity index (χ0v) is 12.8. The van der Waals surface area contributed by atoms with Gasteiger partial charge in [0, 0.05) is 12.5 Å². The first kappa shape index (κ1) is 16.4. The minimum absolute atomic E-state index is 0.0209. The number of nitro groups is 1. The Morgan fingerprint density at radius 2 is 1.92 bits per heavy atom. The van der Waals surface area contributed by atoms with E-state index in [1.54, 1.807) is 12.1 Å². The lowest BCUT2D eigenvalue weighted by atomic mass is 10.1. The minimum Gasteiger partial charge on any atom is -0.501 e. The molecule has 8 heteroatoms. The average Bonchev–Trinajstić information content (AvgIpc) is 2.56. The van der Waals surface area contributed by atoms with Crippen LogP contribution in [0, 0.1) is 15.9 Å². The first-order valence-electron chi connectivity index (χ1n) is 7.27. The number of rotatable bonds is 5. The van der Waals surface area contributed by atoms with E-state index >= 15 is 0 Å². The van der Waals surface area contributed by atoms with Crippen molar-refractivity contribution in [2.75, 3.05) is 6.61 Å². The highest BCUT2D eigenvalue weighted by molar-refractivity contribution is 5.87. The maximum atomic E-state index is 12.8. The molecule has 0 aliphatic rings. The molecule has 0 amide bonds. The fourth-order valence-corrected chi connectivity index (χ4v) is 2.34. The van der Waals surface area contributed by atoms with Crippen molar-refractivity contribution in [3.05, 3.63) is 74.4 Å². The second-order valence-corrected chi connectivity index (χ2v) is 5.23. The predicted octanol–water partition coefficient (Wildman–Crippen LogP) is 3.17. The van der Waals surface area contributed by atoms with Crippen molar-refractivity contribution in [3.63, 3.8) is 0 Å². The Kier molecular flexibility index (Phi) is 4.34. The summed E-state index contributed by atoms with van der Waals surface area (Å²) < 4.78 is 23.2. The van der Waals surface area contributed by atoms with E-state index in [4.69, 9.17) is 9.15 Å². The Hall–Kier alpha value is -3.42. The first-order valence-corrected chi connectivity index (χ1v) is 7.27. The molecule has 0 aliphatic carbocycles. The number of nitrogens with zero attached hydrogens (tertiary/aromatic N) is 1. The molecule has 0 fully saturated rings. The zero-order valence-electron chi connectivity index (χ0n) is 12.8. The zero-order chi connectivity index (χ0) is 18.0. The summed E-state index contributed by atoms with van der Waals surface area (Å²) in [6.45, 7) is 0.292. The molecule has 0 spiro atoms. The highest BCUT2D eigenvalue weighted by Gasteiger charge is 2.24. The Morgan fingerprint density at radius 1 is 1.20 bits per heavy atom. The van der Waals surface area contributed by atoms with Crippen LogP contribution in [0.4, 0.5) is 10.1 Å². The summed E-state index contributed by atoms with van der Waals surface area (Å²) in [5.41, 5.74) is -1.37. The molecular weight excluding hydrogens is 333 g/mol. The standard InChI is InChI=1S/C17H12FNO6/c18-11-3-1-10(2-4-11)7-8-24-12-5-6-13-14(9-12)25-17(21)15(16(13)20)19(22)23/h1-6,9,20H,7-8H2. The van der Waals surface area contributed by atoms with Gasteiger partial charge in [0.05, 0.1) is 16.9 Å². The van der Waals surface area contributed by atoms with Crippen LogP contribution in [-0.4, -0.2) is 16.6 Å². The molecule has 1 N–H and O–H groups in total. The molecule has 0 saturated heterocycles. The van der Waals surface area contributed by atoms with Crippen molar-refractivity contribution in [1.82, 2.24) is 0 Å².